The van der Waals surface area contributed by atoms with Crippen LogP contribution in [0.1, 0.15) is 69.1 Å². The molecule has 6 rings (SSSR count). The first kappa shape index (κ1) is 16.6. The molecular weight excluding hydrogens is 324 g/mol. The van der Waals surface area contributed by atoms with Crippen LogP contribution in [0.15, 0.2) is 0 Å². The Morgan fingerprint density at radius 1 is 1.27 bits per heavy atom. The largest absolute Gasteiger partial charge is 0.344 e. The SMILES string of the molecule is Cc1nc2c([nH]1)CN(C(=O)N[C@@H](C)CC13CC4CC(CC(C4)C1)C3)CC2. The molecule has 0 radical (unpaired) electrons. The van der Waals surface area contributed by atoms with Crippen molar-refractivity contribution in [3.05, 3.63) is 17.2 Å². The van der Waals surface area contributed by atoms with E-state index in [0.29, 0.717) is 12.0 Å². The van der Waals surface area contributed by atoms with Crippen molar-refractivity contribution in [3.63, 3.8) is 0 Å². The van der Waals surface area contributed by atoms with Gasteiger partial charge in [-0.2, -0.15) is 0 Å². The van der Waals surface area contributed by atoms with Crippen molar-refractivity contribution in [1.82, 2.24) is 20.2 Å². The maximum Gasteiger partial charge on any atom is 0.317 e. The lowest BCUT2D eigenvalue weighted by molar-refractivity contribution is -0.0607. The van der Waals surface area contributed by atoms with Crippen LogP contribution in [0.4, 0.5) is 4.79 Å². The molecule has 26 heavy (non-hydrogen) atoms. The number of hydrogen-bond acceptors (Lipinski definition) is 2. The molecule has 4 aliphatic carbocycles. The predicted molar refractivity (Wildman–Crippen MR) is 101 cm³/mol. The number of nitrogens with zero attached hydrogens (tertiary/aromatic N) is 2. The van der Waals surface area contributed by atoms with Crippen molar-refractivity contribution in [2.75, 3.05) is 6.54 Å². The van der Waals surface area contributed by atoms with E-state index < -0.39 is 0 Å². The van der Waals surface area contributed by atoms with Crippen molar-refractivity contribution in [2.45, 2.75) is 77.8 Å². The van der Waals surface area contributed by atoms with Crippen LogP contribution in [-0.4, -0.2) is 33.5 Å². The minimum absolute atomic E-state index is 0.0973. The van der Waals surface area contributed by atoms with Crippen LogP contribution in [0.5, 0.6) is 0 Å². The number of hydrogen-bond donors (Lipinski definition) is 2. The summed E-state index contributed by atoms with van der Waals surface area (Å²) >= 11 is 0. The summed E-state index contributed by atoms with van der Waals surface area (Å²) in [6.45, 7) is 5.63. The molecule has 0 unspecified atom stereocenters. The van der Waals surface area contributed by atoms with Gasteiger partial charge in [0.25, 0.3) is 0 Å². The average molecular weight is 357 g/mol. The fourth-order valence-corrected chi connectivity index (χ4v) is 7.15. The highest BCUT2D eigenvalue weighted by Gasteiger charge is 2.51. The first-order valence-electron chi connectivity index (χ1n) is 10.6. The van der Waals surface area contributed by atoms with E-state index in [1.807, 2.05) is 11.8 Å². The molecule has 142 valence electrons. The monoisotopic (exact) mass is 356 g/mol. The number of rotatable bonds is 3. The van der Waals surface area contributed by atoms with Crippen molar-refractivity contribution in [2.24, 2.45) is 23.2 Å². The van der Waals surface area contributed by atoms with Crippen LogP contribution in [-0.2, 0) is 13.0 Å². The van der Waals surface area contributed by atoms with E-state index >= 15 is 0 Å². The Labute approximate surface area is 156 Å². The molecule has 4 bridgehead atoms. The van der Waals surface area contributed by atoms with Gasteiger partial charge in [0.1, 0.15) is 5.82 Å². The van der Waals surface area contributed by atoms with E-state index in [1.54, 1.807) is 0 Å². The highest BCUT2D eigenvalue weighted by Crippen LogP contribution is 2.61. The number of H-pyrrole nitrogens is 1. The Bertz CT molecular complexity index is 674. The number of carbonyl (C=O) groups is 1. The smallest absolute Gasteiger partial charge is 0.317 e. The summed E-state index contributed by atoms with van der Waals surface area (Å²) < 4.78 is 0. The van der Waals surface area contributed by atoms with Gasteiger partial charge in [0.05, 0.1) is 17.9 Å². The van der Waals surface area contributed by atoms with Crippen LogP contribution in [0.3, 0.4) is 0 Å². The maximum atomic E-state index is 12.8. The van der Waals surface area contributed by atoms with Gasteiger partial charge in [-0.05, 0) is 82.0 Å². The molecule has 5 nitrogen and oxygen atoms in total. The number of imidazole rings is 1. The van der Waals surface area contributed by atoms with E-state index in [1.165, 1.54) is 44.9 Å². The molecule has 0 saturated heterocycles. The number of fused-ring (bicyclic) bond motifs is 1. The molecule has 4 fully saturated rings. The lowest BCUT2D eigenvalue weighted by Gasteiger charge is -2.57. The van der Waals surface area contributed by atoms with Crippen LogP contribution in [0.2, 0.25) is 0 Å². The molecular formula is C21H32N4O. The number of urea groups is 1. The zero-order valence-electron chi connectivity index (χ0n) is 16.2. The standard InChI is InChI=1S/C21H32N4O/c1-13(8-21-9-15-5-16(10-21)7-17(6-15)11-21)22-20(26)25-4-3-18-19(12-25)24-14(2)23-18/h13,15-17H,3-12H2,1-2H3,(H,22,26)(H,23,24)/t13-,15?,16?,17?,21?/m0/s1. The first-order chi connectivity index (χ1) is 12.5. The van der Waals surface area contributed by atoms with E-state index in [4.69, 9.17) is 0 Å². The summed E-state index contributed by atoms with van der Waals surface area (Å²) in [5, 5.41) is 3.31. The molecule has 0 spiro atoms. The normalized spacial score (nSPS) is 36.1. The third kappa shape index (κ3) is 2.93. The van der Waals surface area contributed by atoms with Crippen LogP contribution >= 0.6 is 0 Å². The second kappa shape index (κ2) is 6.00. The summed E-state index contributed by atoms with van der Waals surface area (Å²) in [6.07, 6.45) is 10.7. The quantitative estimate of drug-likeness (QED) is 0.866. The third-order valence-corrected chi connectivity index (χ3v) is 7.51. The van der Waals surface area contributed by atoms with Gasteiger partial charge in [0.15, 0.2) is 0 Å². The summed E-state index contributed by atoms with van der Waals surface area (Å²) in [5.41, 5.74) is 2.77. The van der Waals surface area contributed by atoms with Gasteiger partial charge in [-0.25, -0.2) is 9.78 Å². The summed E-state index contributed by atoms with van der Waals surface area (Å²) in [4.78, 5) is 22.6. The highest BCUT2D eigenvalue weighted by atomic mass is 16.2. The fourth-order valence-electron chi connectivity index (χ4n) is 7.15. The number of amides is 2. The minimum Gasteiger partial charge on any atom is -0.344 e. The highest BCUT2D eigenvalue weighted by molar-refractivity contribution is 5.74. The molecule has 1 aromatic rings. The lowest BCUT2D eigenvalue weighted by Crippen LogP contribution is -2.51. The fraction of sp³-hybridized carbons (Fsp3) is 0.810. The first-order valence-corrected chi connectivity index (χ1v) is 10.6. The van der Waals surface area contributed by atoms with Crippen LogP contribution in [0, 0.1) is 30.1 Å². The zero-order valence-corrected chi connectivity index (χ0v) is 16.2. The summed E-state index contributed by atoms with van der Waals surface area (Å²) in [6, 6.07) is 0.365. The number of aromatic nitrogens is 2. The van der Waals surface area contributed by atoms with Gasteiger partial charge in [-0.1, -0.05) is 0 Å². The Hall–Kier alpha value is -1.52. The number of aryl methyl sites for hydroxylation is 1. The van der Waals surface area contributed by atoms with Crippen molar-refractivity contribution >= 4 is 6.03 Å². The molecule has 2 N–H and O–H groups in total. The van der Waals surface area contributed by atoms with Gasteiger partial charge in [-0.15, -0.1) is 0 Å². The molecule has 2 heterocycles. The van der Waals surface area contributed by atoms with E-state index in [9.17, 15) is 4.79 Å². The summed E-state index contributed by atoms with van der Waals surface area (Å²) in [5.74, 6) is 3.89. The Kier molecular flexibility index (Phi) is 3.84. The van der Waals surface area contributed by atoms with Crippen LogP contribution < -0.4 is 5.32 Å². The molecule has 4 saturated carbocycles. The van der Waals surface area contributed by atoms with Gasteiger partial charge in [-0.3, -0.25) is 0 Å². The number of nitrogens with one attached hydrogen (secondary N) is 2. The molecule has 5 heteroatoms. The zero-order chi connectivity index (χ0) is 17.9. The second-order valence-electron chi connectivity index (χ2n) is 9.89. The van der Waals surface area contributed by atoms with Crippen LogP contribution in [0.25, 0.3) is 0 Å². The molecule has 1 aliphatic heterocycles. The topological polar surface area (TPSA) is 61.0 Å². The maximum absolute atomic E-state index is 12.8. The van der Waals surface area contributed by atoms with Gasteiger partial charge >= 0.3 is 6.03 Å². The molecule has 1 atom stereocenters. The van der Waals surface area contributed by atoms with Crippen molar-refractivity contribution < 1.29 is 4.79 Å². The van der Waals surface area contributed by atoms with E-state index in [-0.39, 0.29) is 12.1 Å². The molecule has 2 amide bonds. The summed E-state index contributed by atoms with van der Waals surface area (Å²) in [7, 11) is 0. The number of aromatic amines is 1. The lowest BCUT2D eigenvalue weighted by atomic mass is 9.48. The average Bonchev–Trinajstić information content (AvgIpc) is 2.91. The third-order valence-electron chi connectivity index (χ3n) is 7.51. The Morgan fingerprint density at radius 2 is 1.92 bits per heavy atom. The number of carbonyl (C=O) groups excluding carboxylic acids is 1. The second-order valence-corrected chi connectivity index (χ2v) is 9.89. The van der Waals surface area contributed by atoms with E-state index in [0.717, 1.165) is 47.9 Å². The van der Waals surface area contributed by atoms with Gasteiger partial charge < -0.3 is 15.2 Å². The Morgan fingerprint density at radius 3 is 2.58 bits per heavy atom. The van der Waals surface area contributed by atoms with Crippen molar-refractivity contribution in [3.8, 4) is 0 Å². The Balaban J connectivity index is 1.20. The van der Waals surface area contributed by atoms with Gasteiger partial charge in [0.2, 0.25) is 0 Å². The molecule has 0 aromatic carbocycles. The minimum atomic E-state index is 0.0973. The van der Waals surface area contributed by atoms with E-state index in [2.05, 4.69) is 22.2 Å². The van der Waals surface area contributed by atoms with Gasteiger partial charge in [0, 0.05) is 19.0 Å². The predicted octanol–water partition coefficient (Wildman–Crippen LogP) is 3.78. The molecule has 1 aromatic heterocycles. The van der Waals surface area contributed by atoms with Crippen molar-refractivity contribution in [1.29, 1.82) is 0 Å². The molecule has 5 aliphatic rings.